The quantitative estimate of drug-likeness (QED) is 0.652. The van der Waals surface area contributed by atoms with Crippen LogP contribution in [-0.2, 0) is 25.6 Å². The lowest BCUT2D eigenvalue weighted by atomic mass is 9.75. The second-order valence-corrected chi connectivity index (χ2v) is 7.94. The number of nitrogens with zero attached hydrogens (tertiary/aromatic N) is 2. The van der Waals surface area contributed by atoms with Gasteiger partial charge in [0.25, 0.3) is 0 Å². The molecule has 0 radical (unpaired) electrons. The lowest BCUT2D eigenvalue weighted by molar-refractivity contribution is -0.183. The summed E-state index contributed by atoms with van der Waals surface area (Å²) in [5.74, 6) is -0.549. The maximum absolute atomic E-state index is 13.3. The molecule has 29 heavy (non-hydrogen) atoms. The van der Waals surface area contributed by atoms with Crippen LogP contribution in [0.2, 0.25) is 0 Å². The van der Waals surface area contributed by atoms with Crippen molar-refractivity contribution >= 4 is 11.9 Å². The molecule has 1 aromatic carbocycles. The summed E-state index contributed by atoms with van der Waals surface area (Å²) in [5, 5.41) is 1.86. The number of hydrogen-bond donors (Lipinski definition) is 0. The van der Waals surface area contributed by atoms with E-state index in [4.69, 9.17) is 9.57 Å². The number of benzene rings is 1. The summed E-state index contributed by atoms with van der Waals surface area (Å²) in [5.41, 5.74) is 0.0825. The number of rotatable bonds is 7. The highest BCUT2D eigenvalue weighted by molar-refractivity contribution is 5.81. The average molecular weight is 406 g/mol. The highest BCUT2D eigenvalue weighted by Crippen LogP contribution is 2.35. The smallest absolute Gasteiger partial charge is 0.314 e. The first-order valence-electron chi connectivity index (χ1n) is 10.6. The number of halogens is 1. The van der Waals surface area contributed by atoms with Gasteiger partial charge in [-0.05, 0) is 56.7 Å². The molecular weight excluding hydrogens is 375 g/mol. The molecule has 0 unspecified atom stereocenters. The molecule has 160 valence electrons. The van der Waals surface area contributed by atoms with Gasteiger partial charge in [-0.1, -0.05) is 12.1 Å². The van der Waals surface area contributed by atoms with E-state index >= 15 is 0 Å². The highest BCUT2D eigenvalue weighted by atomic mass is 19.1. The fraction of sp³-hybridized carbons (Fsp3) is 0.636. The second kappa shape index (κ2) is 10.2. The summed E-state index contributed by atoms with van der Waals surface area (Å²) >= 11 is 0. The van der Waals surface area contributed by atoms with Gasteiger partial charge in [-0.2, -0.15) is 5.06 Å². The number of hydroxylamine groups is 2. The maximum atomic E-state index is 13.3. The van der Waals surface area contributed by atoms with Crippen LogP contribution in [0, 0.1) is 11.2 Å². The summed E-state index contributed by atoms with van der Waals surface area (Å²) < 4.78 is 18.7. The number of amides is 1. The van der Waals surface area contributed by atoms with E-state index in [0.29, 0.717) is 52.1 Å². The van der Waals surface area contributed by atoms with Crippen LogP contribution in [0.15, 0.2) is 24.3 Å². The van der Waals surface area contributed by atoms with Crippen LogP contribution in [0.4, 0.5) is 4.39 Å². The number of piperidine rings is 1. The van der Waals surface area contributed by atoms with E-state index in [2.05, 4.69) is 0 Å². The van der Waals surface area contributed by atoms with Crippen molar-refractivity contribution in [2.24, 2.45) is 5.41 Å². The molecule has 6 nitrogen and oxygen atoms in total. The molecule has 0 aliphatic carbocycles. The van der Waals surface area contributed by atoms with Crippen LogP contribution in [-0.4, -0.2) is 61.2 Å². The number of carbonyl (C=O) groups excluding carboxylic acids is 2. The van der Waals surface area contributed by atoms with E-state index in [1.165, 1.54) is 12.1 Å². The summed E-state index contributed by atoms with van der Waals surface area (Å²) in [6, 6.07) is 6.20. The minimum atomic E-state index is -0.788. The Hall–Kier alpha value is -1.99. The summed E-state index contributed by atoms with van der Waals surface area (Å²) in [6.45, 7) is 5.19. The molecule has 2 aliphatic heterocycles. The first-order chi connectivity index (χ1) is 14.0. The van der Waals surface area contributed by atoms with Gasteiger partial charge in [-0.25, -0.2) is 4.39 Å². The molecule has 1 atom stereocenters. The number of likely N-dealkylation sites (tertiary alicyclic amines) is 1. The zero-order valence-corrected chi connectivity index (χ0v) is 17.2. The van der Waals surface area contributed by atoms with Crippen LogP contribution >= 0.6 is 0 Å². The van der Waals surface area contributed by atoms with Crippen LogP contribution in [0.1, 0.15) is 44.6 Å². The first kappa shape index (κ1) is 21.7. The Balaban J connectivity index is 1.67. The van der Waals surface area contributed by atoms with Crippen molar-refractivity contribution in [1.82, 2.24) is 9.96 Å². The summed E-state index contributed by atoms with van der Waals surface area (Å²) in [6.07, 6.45) is 4.35. The van der Waals surface area contributed by atoms with Gasteiger partial charge >= 0.3 is 5.97 Å². The van der Waals surface area contributed by atoms with E-state index in [1.807, 2.05) is 5.06 Å². The van der Waals surface area contributed by atoms with Gasteiger partial charge < -0.3 is 9.64 Å². The molecule has 2 aliphatic rings. The fourth-order valence-corrected chi connectivity index (χ4v) is 4.21. The van der Waals surface area contributed by atoms with Gasteiger partial charge in [0.05, 0.1) is 18.6 Å². The molecular formula is C22H31FN2O4. The Morgan fingerprint density at radius 1 is 1.17 bits per heavy atom. The third-order valence-electron chi connectivity index (χ3n) is 5.74. The van der Waals surface area contributed by atoms with Gasteiger partial charge in [0, 0.05) is 32.6 Å². The third kappa shape index (κ3) is 5.76. The maximum Gasteiger partial charge on any atom is 0.314 e. The molecule has 1 aromatic rings. The van der Waals surface area contributed by atoms with Gasteiger partial charge in [0.1, 0.15) is 5.82 Å². The molecule has 0 bridgehead atoms. The van der Waals surface area contributed by atoms with Gasteiger partial charge in [0.15, 0.2) is 0 Å². The third-order valence-corrected chi connectivity index (χ3v) is 5.74. The Morgan fingerprint density at radius 3 is 2.66 bits per heavy atom. The Bertz CT molecular complexity index is 691. The molecule has 0 saturated carbocycles. The molecule has 0 spiro atoms. The van der Waals surface area contributed by atoms with E-state index in [9.17, 15) is 14.0 Å². The highest BCUT2D eigenvalue weighted by Gasteiger charge is 2.44. The summed E-state index contributed by atoms with van der Waals surface area (Å²) in [7, 11) is 0. The number of hydrogen-bond acceptors (Lipinski definition) is 5. The Morgan fingerprint density at radius 2 is 1.97 bits per heavy atom. The zero-order valence-electron chi connectivity index (χ0n) is 17.2. The van der Waals surface area contributed by atoms with Crippen molar-refractivity contribution < 1.29 is 23.6 Å². The topological polar surface area (TPSA) is 59.1 Å². The predicted octanol–water partition coefficient (Wildman–Crippen LogP) is 2.96. The molecule has 1 amide bonds. The van der Waals surface area contributed by atoms with Crippen molar-refractivity contribution in [3.8, 4) is 0 Å². The largest absolute Gasteiger partial charge is 0.466 e. The molecule has 2 heterocycles. The molecule has 0 N–H and O–H groups in total. The predicted molar refractivity (Wildman–Crippen MR) is 106 cm³/mol. The summed E-state index contributed by atoms with van der Waals surface area (Å²) in [4.78, 5) is 33.1. The minimum absolute atomic E-state index is 0.0339. The molecule has 0 aromatic heterocycles. The van der Waals surface area contributed by atoms with Crippen LogP contribution in [0.25, 0.3) is 0 Å². The van der Waals surface area contributed by atoms with E-state index in [1.54, 1.807) is 24.0 Å². The van der Waals surface area contributed by atoms with Crippen LogP contribution < -0.4 is 0 Å². The molecule has 7 heteroatoms. The van der Waals surface area contributed by atoms with Gasteiger partial charge in [-0.3, -0.25) is 14.4 Å². The van der Waals surface area contributed by atoms with Crippen LogP contribution in [0.3, 0.4) is 0 Å². The Labute approximate surface area is 171 Å². The lowest BCUT2D eigenvalue weighted by Gasteiger charge is -2.41. The van der Waals surface area contributed by atoms with E-state index in [0.717, 1.165) is 31.4 Å². The van der Waals surface area contributed by atoms with Gasteiger partial charge in [-0.15, -0.1) is 0 Å². The molecule has 3 rings (SSSR count). The first-order valence-corrected chi connectivity index (χ1v) is 10.6. The van der Waals surface area contributed by atoms with Crippen molar-refractivity contribution in [3.05, 3.63) is 35.6 Å². The molecule has 2 fully saturated rings. The Kier molecular flexibility index (Phi) is 7.61. The van der Waals surface area contributed by atoms with Gasteiger partial charge in [0.2, 0.25) is 5.91 Å². The van der Waals surface area contributed by atoms with Crippen molar-refractivity contribution in [2.75, 3.05) is 39.4 Å². The van der Waals surface area contributed by atoms with Crippen molar-refractivity contribution in [2.45, 2.75) is 45.4 Å². The number of ether oxygens (including phenoxy) is 1. The second-order valence-electron chi connectivity index (χ2n) is 7.94. The SMILES string of the molecule is CCOC(=O)[C@@]1(Cc2ccc(F)cc2)CCCN(C(=O)CCN2CCCCO2)C1. The minimum Gasteiger partial charge on any atom is -0.466 e. The monoisotopic (exact) mass is 406 g/mol. The van der Waals surface area contributed by atoms with E-state index < -0.39 is 5.41 Å². The van der Waals surface area contributed by atoms with Crippen molar-refractivity contribution in [1.29, 1.82) is 0 Å². The van der Waals surface area contributed by atoms with E-state index in [-0.39, 0.29) is 17.7 Å². The number of esters is 1. The lowest BCUT2D eigenvalue weighted by Crippen LogP contribution is -2.52. The number of carbonyl (C=O) groups is 2. The molecule has 2 saturated heterocycles. The fourth-order valence-electron chi connectivity index (χ4n) is 4.21. The zero-order chi connectivity index (χ0) is 20.7. The standard InChI is InChI=1S/C22H31FN2O4/c1-2-28-21(27)22(16-18-6-8-19(23)9-7-18)11-5-12-24(17-22)20(26)10-14-25-13-3-4-15-29-25/h6-9H,2-5,10-17H2,1H3/t22-/m1/s1. The van der Waals surface area contributed by atoms with Crippen molar-refractivity contribution in [3.63, 3.8) is 0 Å². The van der Waals surface area contributed by atoms with Crippen LogP contribution in [0.5, 0.6) is 0 Å². The normalized spacial score (nSPS) is 23.0. The average Bonchev–Trinajstić information content (AvgIpc) is 2.75.